The van der Waals surface area contributed by atoms with Crippen LogP contribution >= 0.6 is 11.3 Å². The number of hydrogen-bond donors (Lipinski definition) is 1. The van der Waals surface area contributed by atoms with Crippen molar-refractivity contribution in [1.82, 2.24) is 4.98 Å². The molecule has 2 aromatic carbocycles. The molecule has 0 spiro atoms. The molecule has 112 valence electrons. The summed E-state index contributed by atoms with van der Waals surface area (Å²) in [4.78, 5) is 16.5. The number of hydrogen-bond acceptors (Lipinski definition) is 4. The van der Waals surface area contributed by atoms with Gasteiger partial charge in [0.05, 0.1) is 11.3 Å². The topological polar surface area (TPSA) is 51.2 Å². The summed E-state index contributed by atoms with van der Waals surface area (Å²) in [5, 5.41) is 3.15. The summed E-state index contributed by atoms with van der Waals surface area (Å²) >= 11 is 1.35. The Labute approximate surface area is 130 Å². The highest BCUT2D eigenvalue weighted by atomic mass is 32.1. The fourth-order valence-corrected chi connectivity index (χ4v) is 2.93. The van der Waals surface area contributed by atoms with Gasteiger partial charge in [0, 0.05) is 5.56 Å². The number of para-hydroxylation sites is 1. The molecule has 22 heavy (non-hydrogen) atoms. The van der Waals surface area contributed by atoms with E-state index in [1.54, 1.807) is 6.07 Å². The number of carbonyl (C=O) groups is 1. The largest absolute Gasteiger partial charge is 0.492 e. The molecular formula is C16H13FN2O2S. The third-order valence-electron chi connectivity index (χ3n) is 2.99. The molecule has 0 radical (unpaired) electrons. The second-order valence-electron chi connectivity index (χ2n) is 4.52. The first-order valence-electron chi connectivity index (χ1n) is 6.76. The number of nitrogens with zero attached hydrogens (tertiary/aromatic N) is 1. The number of aromatic nitrogens is 1. The van der Waals surface area contributed by atoms with Gasteiger partial charge in [-0.2, -0.15) is 0 Å². The van der Waals surface area contributed by atoms with Crippen LogP contribution in [0.25, 0.3) is 10.2 Å². The molecule has 0 saturated heterocycles. The number of rotatable bonds is 4. The zero-order valence-electron chi connectivity index (χ0n) is 11.8. The van der Waals surface area contributed by atoms with E-state index in [-0.39, 0.29) is 5.56 Å². The van der Waals surface area contributed by atoms with E-state index >= 15 is 0 Å². The van der Waals surface area contributed by atoms with E-state index in [2.05, 4.69) is 10.3 Å². The van der Waals surface area contributed by atoms with Crippen molar-refractivity contribution in [2.75, 3.05) is 11.9 Å². The van der Waals surface area contributed by atoms with E-state index < -0.39 is 11.7 Å². The second kappa shape index (κ2) is 6.11. The highest BCUT2D eigenvalue weighted by Gasteiger charge is 2.12. The molecule has 0 aliphatic carbocycles. The lowest BCUT2D eigenvalue weighted by molar-refractivity contribution is 0.102. The smallest absolute Gasteiger partial charge is 0.257 e. The Morgan fingerprint density at radius 3 is 2.91 bits per heavy atom. The van der Waals surface area contributed by atoms with Crippen molar-refractivity contribution in [2.45, 2.75) is 6.92 Å². The van der Waals surface area contributed by atoms with Crippen molar-refractivity contribution in [3.63, 3.8) is 0 Å². The molecule has 3 rings (SSSR count). The van der Waals surface area contributed by atoms with Crippen molar-refractivity contribution in [3.05, 3.63) is 53.8 Å². The first-order chi connectivity index (χ1) is 10.7. The summed E-state index contributed by atoms with van der Waals surface area (Å²) in [5.41, 5.74) is 0.966. The van der Waals surface area contributed by atoms with Crippen LogP contribution in [-0.2, 0) is 0 Å². The molecule has 0 fully saturated rings. The van der Waals surface area contributed by atoms with Crippen LogP contribution in [0, 0.1) is 5.82 Å². The van der Waals surface area contributed by atoms with Crippen molar-refractivity contribution in [1.29, 1.82) is 0 Å². The average Bonchev–Trinajstić information content (AvgIpc) is 2.91. The van der Waals surface area contributed by atoms with Crippen LogP contribution < -0.4 is 10.1 Å². The van der Waals surface area contributed by atoms with E-state index in [1.165, 1.54) is 29.5 Å². The Morgan fingerprint density at radius 2 is 2.14 bits per heavy atom. The van der Waals surface area contributed by atoms with Crippen LogP contribution in [0.2, 0.25) is 0 Å². The number of halogens is 1. The Kier molecular flexibility index (Phi) is 4.02. The molecule has 0 aliphatic rings. The quantitative estimate of drug-likeness (QED) is 0.789. The fraction of sp³-hybridized carbons (Fsp3) is 0.125. The third-order valence-corrected chi connectivity index (χ3v) is 3.93. The van der Waals surface area contributed by atoms with Crippen molar-refractivity contribution in [3.8, 4) is 5.75 Å². The molecule has 0 bridgehead atoms. The molecule has 6 heteroatoms. The second-order valence-corrected chi connectivity index (χ2v) is 5.55. The lowest BCUT2D eigenvalue weighted by Gasteiger charge is -2.02. The molecule has 0 atom stereocenters. The molecule has 1 N–H and O–H groups in total. The summed E-state index contributed by atoms with van der Waals surface area (Å²) < 4.78 is 19.6. The number of anilines is 1. The standard InChI is InChI=1S/C16H13FN2O2S/c1-2-21-12-7-4-8-13-14(12)18-16(22-13)19-15(20)10-5-3-6-11(17)9-10/h3-9H,2H2,1H3,(H,18,19,20). The first-order valence-corrected chi connectivity index (χ1v) is 7.58. The summed E-state index contributed by atoms with van der Waals surface area (Å²) in [6.07, 6.45) is 0. The Morgan fingerprint density at radius 1 is 1.32 bits per heavy atom. The normalized spacial score (nSPS) is 10.6. The van der Waals surface area contributed by atoms with E-state index in [4.69, 9.17) is 4.74 Å². The number of fused-ring (bicyclic) bond motifs is 1. The molecule has 0 unspecified atom stereocenters. The van der Waals surface area contributed by atoms with Gasteiger partial charge in [-0.15, -0.1) is 0 Å². The predicted octanol–water partition coefficient (Wildman–Crippen LogP) is 4.09. The van der Waals surface area contributed by atoms with Crippen LogP contribution in [0.3, 0.4) is 0 Å². The lowest BCUT2D eigenvalue weighted by atomic mass is 10.2. The van der Waals surface area contributed by atoms with Gasteiger partial charge in [0.1, 0.15) is 17.1 Å². The van der Waals surface area contributed by atoms with Crippen LogP contribution in [0.15, 0.2) is 42.5 Å². The molecule has 1 amide bonds. The Bertz CT molecular complexity index is 832. The van der Waals surface area contributed by atoms with Gasteiger partial charge < -0.3 is 4.74 Å². The third kappa shape index (κ3) is 2.92. The SMILES string of the molecule is CCOc1cccc2sc(NC(=O)c3cccc(F)c3)nc12. The van der Waals surface area contributed by atoms with Gasteiger partial charge in [0.2, 0.25) is 0 Å². The number of nitrogens with one attached hydrogen (secondary N) is 1. The van der Waals surface area contributed by atoms with Crippen molar-refractivity contribution >= 4 is 32.6 Å². The highest BCUT2D eigenvalue weighted by molar-refractivity contribution is 7.22. The summed E-state index contributed by atoms with van der Waals surface area (Å²) in [6.45, 7) is 2.44. The molecule has 3 aromatic rings. The van der Waals surface area contributed by atoms with Crippen LogP contribution in [0.1, 0.15) is 17.3 Å². The minimum absolute atomic E-state index is 0.254. The molecule has 0 saturated carbocycles. The van der Waals surface area contributed by atoms with Gasteiger partial charge in [0.25, 0.3) is 5.91 Å². The van der Waals surface area contributed by atoms with Crippen molar-refractivity contribution < 1.29 is 13.9 Å². The molecule has 1 heterocycles. The maximum Gasteiger partial charge on any atom is 0.257 e. The van der Waals surface area contributed by atoms with E-state index in [9.17, 15) is 9.18 Å². The fourth-order valence-electron chi connectivity index (χ4n) is 2.05. The maximum atomic E-state index is 13.2. The van der Waals surface area contributed by atoms with Crippen molar-refractivity contribution in [2.24, 2.45) is 0 Å². The van der Waals surface area contributed by atoms with Gasteiger partial charge in [-0.1, -0.05) is 23.5 Å². The predicted molar refractivity (Wildman–Crippen MR) is 85.1 cm³/mol. The zero-order chi connectivity index (χ0) is 15.5. The van der Waals surface area contributed by atoms with Crippen LogP contribution in [0.4, 0.5) is 9.52 Å². The maximum absolute atomic E-state index is 13.2. The minimum Gasteiger partial charge on any atom is -0.492 e. The van der Waals surface area contributed by atoms with E-state index in [1.807, 2.05) is 25.1 Å². The highest BCUT2D eigenvalue weighted by Crippen LogP contribution is 2.32. The van der Waals surface area contributed by atoms with Gasteiger partial charge in [-0.3, -0.25) is 10.1 Å². The van der Waals surface area contributed by atoms with E-state index in [0.29, 0.717) is 23.0 Å². The number of thiazole rings is 1. The average molecular weight is 316 g/mol. The lowest BCUT2D eigenvalue weighted by Crippen LogP contribution is -2.11. The number of benzene rings is 2. The monoisotopic (exact) mass is 316 g/mol. The number of carbonyl (C=O) groups excluding carboxylic acids is 1. The first kappa shape index (κ1) is 14.5. The van der Waals surface area contributed by atoms with Crippen LogP contribution in [-0.4, -0.2) is 17.5 Å². The summed E-state index contributed by atoms with van der Waals surface area (Å²) in [5.74, 6) is -0.158. The molecule has 4 nitrogen and oxygen atoms in total. The molecule has 1 aromatic heterocycles. The van der Waals surface area contributed by atoms with Gasteiger partial charge in [-0.05, 0) is 37.3 Å². The zero-order valence-corrected chi connectivity index (χ0v) is 12.6. The number of amides is 1. The van der Waals surface area contributed by atoms with Gasteiger partial charge in [0.15, 0.2) is 5.13 Å². The van der Waals surface area contributed by atoms with E-state index in [0.717, 1.165) is 4.70 Å². The molecule has 0 aliphatic heterocycles. The minimum atomic E-state index is -0.449. The van der Waals surface area contributed by atoms with Gasteiger partial charge >= 0.3 is 0 Å². The molecular weight excluding hydrogens is 303 g/mol. The Hall–Kier alpha value is -2.47. The van der Waals surface area contributed by atoms with Crippen LogP contribution in [0.5, 0.6) is 5.75 Å². The Balaban J connectivity index is 1.88. The van der Waals surface area contributed by atoms with Gasteiger partial charge in [-0.25, -0.2) is 9.37 Å². The summed E-state index contributed by atoms with van der Waals surface area (Å²) in [7, 11) is 0. The number of ether oxygens (including phenoxy) is 1. The summed E-state index contributed by atoms with van der Waals surface area (Å²) in [6, 6.07) is 11.2.